The van der Waals surface area contributed by atoms with E-state index < -0.39 is 0 Å². The number of likely N-dealkylation sites (N-methyl/N-ethyl adjacent to an activating group) is 1. The van der Waals surface area contributed by atoms with Crippen LogP contribution in [0, 0.1) is 0 Å². The van der Waals surface area contributed by atoms with E-state index in [1.807, 2.05) is 0 Å². The topological polar surface area (TPSA) is 3.24 Å². The summed E-state index contributed by atoms with van der Waals surface area (Å²) in [6.45, 7) is 10.3. The lowest BCUT2D eigenvalue weighted by molar-refractivity contribution is 0.268. The molecule has 0 aliphatic carbocycles. The highest BCUT2D eigenvalue weighted by atomic mass is 15.1. The number of hydrogen-bond donors (Lipinski definition) is 0. The molecule has 1 aliphatic rings. The van der Waals surface area contributed by atoms with Gasteiger partial charge in [-0.25, -0.2) is 0 Å². The molecule has 0 N–H and O–H groups in total. The van der Waals surface area contributed by atoms with E-state index in [2.05, 4.69) is 43.9 Å². The van der Waals surface area contributed by atoms with E-state index in [1.165, 1.54) is 25.1 Å². The van der Waals surface area contributed by atoms with Gasteiger partial charge in [-0.15, -0.1) is 0 Å². The second-order valence-corrected chi connectivity index (χ2v) is 4.80. The molecule has 15 heavy (non-hydrogen) atoms. The quantitative estimate of drug-likeness (QED) is 0.713. The fraction of sp³-hybridized carbons (Fsp3) is 0.571. The second-order valence-electron chi connectivity index (χ2n) is 4.80. The second kappa shape index (κ2) is 4.36. The fourth-order valence-electron chi connectivity index (χ4n) is 2.26. The Bertz CT molecular complexity index is 341. The van der Waals surface area contributed by atoms with E-state index in [-0.39, 0.29) is 0 Å². The van der Waals surface area contributed by atoms with Crippen LogP contribution < -0.4 is 0 Å². The normalized spacial score (nSPS) is 16.8. The molecule has 0 radical (unpaired) electrons. The number of hydrogen-bond acceptors (Lipinski definition) is 1. The van der Waals surface area contributed by atoms with Gasteiger partial charge in [0.25, 0.3) is 0 Å². The Hall–Kier alpha value is -0.820. The standard InChI is InChI=1S/C14H21N/c1-4-15-8-7-12-5-6-13(11(2)3)9-14(12)10-15/h5-6,9,11H,4,7-8,10H2,1-3H3. The van der Waals surface area contributed by atoms with Crippen LogP contribution >= 0.6 is 0 Å². The predicted octanol–water partition coefficient (Wildman–Crippen LogP) is 3.19. The monoisotopic (exact) mass is 203 g/mol. The average molecular weight is 203 g/mol. The molecule has 1 aromatic carbocycles. The molecule has 1 heterocycles. The van der Waals surface area contributed by atoms with E-state index in [9.17, 15) is 0 Å². The summed E-state index contributed by atoms with van der Waals surface area (Å²) < 4.78 is 0. The molecule has 82 valence electrons. The molecule has 1 nitrogen and oxygen atoms in total. The van der Waals surface area contributed by atoms with Gasteiger partial charge in [0, 0.05) is 13.1 Å². The summed E-state index contributed by atoms with van der Waals surface area (Å²) in [4.78, 5) is 2.52. The van der Waals surface area contributed by atoms with Crippen LogP contribution in [-0.4, -0.2) is 18.0 Å². The molecule has 1 aliphatic heterocycles. The number of fused-ring (bicyclic) bond motifs is 1. The van der Waals surface area contributed by atoms with Crippen molar-refractivity contribution >= 4 is 0 Å². The fourth-order valence-corrected chi connectivity index (χ4v) is 2.26. The van der Waals surface area contributed by atoms with Crippen molar-refractivity contribution in [1.82, 2.24) is 4.90 Å². The van der Waals surface area contributed by atoms with Gasteiger partial charge in [0.05, 0.1) is 0 Å². The maximum Gasteiger partial charge on any atom is 0.0236 e. The Morgan fingerprint density at radius 1 is 1.27 bits per heavy atom. The van der Waals surface area contributed by atoms with Crippen molar-refractivity contribution < 1.29 is 0 Å². The summed E-state index contributed by atoms with van der Waals surface area (Å²) in [7, 11) is 0. The molecule has 0 spiro atoms. The van der Waals surface area contributed by atoms with Gasteiger partial charge in [0.15, 0.2) is 0 Å². The van der Waals surface area contributed by atoms with Crippen LogP contribution in [0.5, 0.6) is 0 Å². The number of rotatable bonds is 2. The lowest BCUT2D eigenvalue weighted by atomic mass is 9.93. The first-order valence-electron chi connectivity index (χ1n) is 6.04. The Kier molecular flexibility index (Phi) is 3.11. The van der Waals surface area contributed by atoms with Gasteiger partial charge in [0.2, 0.25) is 0 Å². The number of nitrogens with zero attached hydrogens (tertiary/aromatic N) is 1. The summed E-state index contributed by atoms with van der Waals surface area (Å²) in [5.41, 5.74) is 4.59. The smallest absolute Gasteiger partial charge is 0.0236 e. The molecule has 0 bridgehead atoms. The molecule has 0 aromatic heterocycles. The van der Waals surface area contributed by atoms with Crippen molar-refractivity contribution in [1.29, 1.82) is 0 Å². The highest BCUT2D eigenvalue weighted by Crippen LogP contribution is 2.23. The van der Waals surface area contributed by atoms with Crippen LogP contribution in [0.2, 0.25) is 0 Å². The first-order valence-corrected chi connectivity index (χ1v) is 6.04. The minimum Gasteiger partial charge on any atom is -0.299 e. The third-order valence-corrected chi connectivity index (χ3v) is 3.44. The van der Waals surface area contributed by atoms with Gasteiger partial charge in [-0.05, 0) is 35.6 Å². The maximum atomic E-state index is 2.52. The first kappa shape index (κ1) is 10.7. The summed E-state index contributed by atoms with van der Waals surface area (Å²) in [6, 6.07) is 7.03. The number of benzene rings is 1. The van der Waals surface area contributed by atoms with Crippen molar-refractivity contribution in [3.63, 3.8) is 0 Å². The van der Waals surface area contributed by atoms with Gasteiger partial charge in [-0.1, -0.05) is 39.0 Å². The third kappa shape index (κ3) is 2.23. The van der Waals surface area contributed by atoms with Crippen LogP contribution in [0.3, 0.4) is 0 Å². The summed E-state index contributed by atoms with van der Waals surface area (Å²) in [5.74, 6) is 0.646. The molecule has 0 saturated carbocycles. The lowest BCUT2D eigenvalue weighted by Crippen LogP contribution is -2.30. The van der Waals surface area contributed by atoms with Gasteiger partial charge in [-0.2, -0.15) is 0 Å². The average Bonchev–Trinajstić information content (AvgIpc) is 2.27. The first-order chi connectivity index (χ1) is 7.20. The summed E-state index contributed by atoms with van der Waals surface area (Å²) >= 11 is 0. The molecular formula is C14H21N. The largest absolute Gasteiger partial charge is 0.299 e. The van der Waals surface area contributed by atoms with E-state index >= 15 is 0 Å². The molecule has 0 saturated heterocycles. The Labute approximate surface area is 93.1 Å². The zero-order chi connectivity index (χ0) is 10.8. The van der Waals surface area contributed by atoms with Crippen LogP contribution in [0.15, 0.2) is 18.2 Å². The molecule has 0 amide bonds. The molecule has 1 heteroatoms. The van der Waals surface area contributed by atoms with E-state index in [4.69, 9.17) is 0 Å². The van der Waals surface area contributed by atoms with Crippen molar-refractivity contribution in [2.24, 2.45) is 0 Å². The van der Waals surface area contributed by atoms with Crippen LogP contribution in [0.1, 0.15) is 43.4 Å². The molecule has 0 fully saturated rings. The van der Waals surface area contributed by atoms with Crippen molar-refractivity contribution in [3.8, 4) is 0 Å². The predicted molar refractivity (Wildman–Crippen MR) is 65.2 cm³/mol. The molecule has 1 aromatic rings. The SMILES string of the molecule is CCN1CCc2ccc(C(C)C)cc2C1. The van der Waals surface area contributed by atoms with Crippen LogP contribution in [0.4, 0.5) is 0 Å². The minimum atomic E-state index is 0.646. The van der Waals surface area contributed by atoms with Crippen molar-refractivity contribution in [2.75, 3.05) is 13.1 Å². The van der Waals surface area contributed by atoms with Gasteiger partial charge < -0.3 is 0 Å². The van der Waals surface area contributed by atoms with Crippen molar-refractivity contribution in [2.45, 2.75) is 39.7 Å². The van der Waals surface area contributed by atoms with Gasteiger partial charge in [-0.3, -0.25) is 4.90 Å². The molecule has 0 unspecified atom stereocenters. The molecule has 2 rings (SSSR count). The summed E-state index contributed by atoms with van der Waals surface area (Å²) in [5, 5.41) is 0. The highest BCUT2D eigenvalue weighted by molar-refractivity contribution is 5.35. The molecular weight excluding hydrogens is 182 g/mol. The third-order valence-electron chi connectivity index (χ3n) is 3.44. The van der Waals surface area contributed by atoms with E-state index in [1.54, 1.807) is 11.1 Å². The van der Waals surface area contributed by atoms with E-state index in [0.29, 0.717) is 5.92 Å². The minimum absolute atomic E-state index is 0.646. The van der Waals surface area contributed by atoms with Crippen molar-refractivity contribution in [3.05, 3.63) is 34.9 Å². The Morgan fingerprint density at radius 3 is 2.73 bits per heavy atom. The Balaban J connectivity index is 2.26. The zero-order valence-corrected chi connectivity index (χ0v) is 10.1. The maximum absolute atomic E-state index is 2.52. The van der Waals surface area contributed by atoms with Gasteiger partial charge >= 0.3 is 0 Å². The lowest BCUT2D eigenvalue weighted by Gasteiger charge is -2.28. The zero-order valence-electron chi connectivity index (χ0n) is 10.1. The van der Waals surface area contributed by atoms with Gasteiger partial charge in [0.1, 0.15) is 0 Å². The molecule has 0 atom stereocenters. The summed E-state index contributed by atoms with van der Waals surface area (Å²) in [6.07, 6.45) is 1.22. The van der Waals surface area contributed by atoms with Crippen LogP contribution in [0.25, 0.3) is 0 Å². The highest BCUT2D eigenvalue weighted by Gasteiger charge is 2.15. The van der Waals surface area contributed by atoms with Crippen LogP contribution in [-0.2, 0) is 13.0 Å². The Morgan fingerprint density at radius 2 is 2.07 bits per heavy atom. The van der Waals surface area contributed by atoms with E-state index in [0.717, 1.165) is 6.54 Å².